The molecule has 0 amide bonds. The summed E-state index contributed by atoms with van der Waals surface area (Å²) in [5.74, 6) is 0.551. The Morgan fingerprint density at radius 1 is 1.33 bits per heavy atom. The van der Waals surface area contributed by atoms with Gasteiger partial charge in [-0.05, 0) is 51.8 Å². The van der Waals surface area contributed by atoms with E-state index in [2.05, 4.69) is 23.7 Å². The number of aromatic nitrogens is 2. The summed E-state index contributed by atoms with van der Waals surface area (Å²) in [5.41, 5.74) is 2.51. The van der Waals surface area contributed by atoms with Crippen LogP contribution in [-0.4, -0.2) is 33.6 Å². The fourth-order valence-corrected chi connectivity index (χ4v) is 3.24. The molecule has 4 nitrogen and oxygen atoms in total. The molecule has 1 aromatic carbocycles. The molecule has 112 valence electrons. The summed E-state index contributed by atoms with van der Waals surface area (Å²) >= 11 is 0. The maximum absolute atomic E-state index is 12.5. The average Bonchev–Trinajstić information content (AvgIpc) is 2.93. The SMILES string of the molecule is Cc1nc2ccccc2n(C[C@@H]2CCN(C(C)C)C2)c1=O. The first kappa shape index (κ1) is 14.3. The van der Waals surface area contributed by atoms with Crippen LogP contribution in [0.3, 0.4) is 0 Å². The fraction of sp³-hybridized carbons (Fsp3) is 0.529. The van der Waals surface area contributed by atoms with Crippen molar-refractivity contribution < 1.29 is 0 Å². The zero-order valence-corrected chi connectivity index (χ0v) is 13.0. The van der Waals surface area contributed by atoms with Crippen LogP contribution in [0, 0.1) is 12.8 Å². The van der Waals surface area contributed by atoms with E-state index in [4.69, 9.17) is 0 Å². The van der Waals surface area contributed by atoms with Crippen LogP contribution in [0.25, 0.3) is 11.0 Å². The standard InChI is InChI=1S/C17H23N3O/c1-12(2)19-9-8-14(10-19)11-20-16-7-5-4-6-15(16)18-13(3)17(20)21/h4-7,12,14H,8-11H2,1-3H3/t14-/m1/s1. The number of hydrogen-bond donors (Lipinski definition) is 0. The molecular weight excluding hydrogens is 262 g/mol. The van der Waals surface area contributed by atoms with E-state index in [-0.39, 0.29) is 5.56 Å². The van der Waals surface area contributed by atoms with Gasteiger partial charge in [0, 0.05) is 19.1 Å². The number of benzene rings is 1. The molecule has 0 saturated carbocycles. The summed E-state index contributed by atoms with van der Waals surface area (Å²) in [6.07, 6.45) is 1.17. The summed E-state index contributed by atoms with van der Waals surface area (Å²) in [7, 11) is 0. The lowest BCUT2D eigenvalue weighted by Crippen LogP contribution is -2.31. The Morgan fingerprint density at radius 2 is 2.10 bits per heavy atom. The van der Waals surface area contributed by atoms with Crippen molar-refractivity contribution in [3.8, 4) is 0 Å². The van der Waals surface area contributed by atoms with Crippen LogP contribution in [0.4, 0.5) is 0 Å². The molecule has 0 radical (unpaired) electrons. The number of nitrogens with zero attached hydrogens (tertiary/aromatic N) is 3. The molecule has 3 rings (SSSR count). The molecule has 1 atom stereocenters. The van der Waals surface area contributed by atoms with Crippen molar-refractivity contribution in [2.45, 2.75) is 39.8 Å². The molecule has 1 aliphatic rings. The zero-order valence-electron chi connectivity index (χ0n) is 13.0. The lowest BCUT2D eigenvalue weighted by molar-refractivity contribution is 0.260. The first-order chi connectivity index (χ1) is 10.1. The Hall–Kier alpha value is -1.68. The van der Waals surface area contributed by atoms with Gasteiger partial charge in [0.1, 0.15) is 5.69 Å². The van der Waals surface area contributed by atoms with E-state index in [0.717, 1.165) is 30.7 Å². The second-order valence-electron chi connectivity index (χ2n) is 6.35. The summed E-state index contributed by atoms with van der Waals surface area (Å²) in [6, 6.07) is 8.51. The van der Waals surface area contributed by atoms with E-state index >= 15 is 0 Å². The monoisotopic (exact) mass is 285 g/mol. The van der Waals surface area contributed by atoms with Gasteiger partial charge >= 0.3 is 0 Å². The van der Waals surface area contributed by atoms with E-state index in [1.165, 1.54) is 6.42 Å². The van der Waals surface area contributed by atoms with Crippen molar-refractivity contribution in [3.63, 3.8) is 0 Å². The molecule has 0 N–H and O–H groups in total. The van der Waals surface area contributed by atoms with Crippen LogP contribution in [0.2, 0.25) is 0 Å². The second-order valence-corrected chi connectivity index (χ2v) is 6.35. The van der Waals surface area contributed by atoms with Crippen molar-refractivity contribution in [1.82, 2.24) is 14.5 Å². The largest absolute Gasteiger partial charge is 0.305 e. The summed E-state index contributed by atoms with van der Waals surface area (Å²) in [4.78, 5) is 19.4. The van der Waals surface area contributed by atoms with E-state index in [1.807, 2.05) is 28.8 Å². The van der Waals surface area contributed by atoms with Crippen molar-refractivity contribution in [2.24, 2.45) is 5.92 Å². The number of aryl methyl sites for hydroxylation is 1. The average molecular weight is 285 g/mol. The summed E-state index contributed by atoms with van der Waals surface area (Å²) in [5, 5.41) is 0. The predicted molar refractivity (Wildman–Crippen MR) is 85.6 cm³/mol. The van der Waals surface area contributed by atoms with Gasteiger partial charge in [-0.1, -0.05) is 12.1 Å². The molecule has 0 unspecified atom stereocenters. The molecule has 21 heavy (non-hydrogen) atoms. The molecule has 1 fully saturated rings. The Balaban J connectivity index is 1.94. The minimum atomic E-state index is 0.0525. The van der Waals surface area contributed by atoms with Crippen molar-refractivity contribution in [1.29, 1.82) is 0 Å². The number of fused-ring (bicyclic) bond motifs is 1. The van der Waals surface area contributed by atoms with E-state index in [9.17, 15) is 4.79 Å². The van der Waals surface area contributed by atoms with Gasteiger partial charge in [-0.3, -0.25) is 4.79 Å². The lowest BCUT2D eigenvalue weighted by atomic mass is 10.1. The molecule has 4 heteroatoms. The highest BCUT2D eigenvalue weighted by Gasteiger charge is 2.25. The number of rotatable bonds is 3. The third-order valence-corrected chi connectivity index (χ3v) is 4.50. The molecule has 1 saturated heterocycles. The van der Waals surface area contributed by atoms with Crippen molar-refractivity contribution in [2.75, 3.05) is 13.1 Å². The Morgan fingerprint density at radius 3 is 2.81 bits per heavy atom. The lowest BCUT2D eigenvalue weighted by Gasteiger charge is -2.21. The molecule has 1 aromatic heterocycles. The molecule has 2 heterocycles. The van der Waals surface area contributed by atoms with Crippen molar-refractivity contribution in [3.05, 3.63) is 40.3 Å². The maximum Gasteiger partial charge on any atom is 0.272 e. The minimum Gasteiger partial charge on any atom is -0.305 e. The quantitative estimate of drug-likeness (QED) is 0.869. The van der Waals surface area contributed by atoms with Gasteiger partial charge in [0.05, 0.1) is 11.0 Å². The van der Waals surface area contributed by atoms with Gasteiger partial charge in [-0.15, -0.1) is 0 Å². The summed E-state index contributed by atoms with van der Waals surface area (Å²) in [6.45, 7) is 9.30. The van der Waals surface area contributed by atoms with Crippen LogP contribution in [0.1, 0.15) is 26.0 Å². The molecule has 0 aliphatic carbocycles. The van der Waals surface area contributed by atoms with Crippen LogP contribution in [-0.2, 0) is 6.54 Å². The molecule has 1 aliphatic heterocycles. The van der Waals surface area contributed by atoms with Crippen LogP contribution in [0.5, 0.6) is 0 Å². The highest BCUT2D eigenvalue weighted by Crippen LogP contribution is 2.21. The van der Waals surface area contributed by atoms with Gasteiger partial charge in [0.25, 0.3) is 5.56 Å². The third kappa shape index (κ3) is 2.72. The van der Waals surface area contributed by atoms with Gasteiger partial charge in [-0.25, -0.2) is 4.98 Å². The van der Waals surface area contributed by atoms with E-state index < -0.39 is 0 Å². The highest BCUT2D eigenvalue weighted by atomic mass is 16.1. The Labute approximate surface area is 125 Å². The van der Waals surface area contributed by atoms with Crippen LogP contribution in [0.15, 0.2) is 29.1 Å². The Kier molecular flexibility index (Phi) is 3.81. The third-order valence-electron chi connectivity index (χ3n) is 4.50. The predicted octanol–water partition coefficient (Wildman–Crippen LogP) is 2.44. The summed E-state index contributed by atoms with van der Waals surface area (Å²) < 4.78 is 1.92. The number of hydrogen-bond acceptors (Lipinski definition) is 3. The number of para-hydroxylation sites is 2. The molecule has 0 spiro atoms. The van der Waals surface area contributed by atoms with Gasteiger partial charge in [0.2, 0.25) is 0 Å². The van der Waals surface area contributed by atoms with Gasteiger partial charge < -0.3 is 9.47 Å². The van der Waals surface area contributed by atoms with Gasteiger partial charge in [-0.2, -0.15) is 0 Å². The van der Waals surface area contributed by atoms with E-state index in [1.54, 1.807) is 6.92 Å². The molecule has 0 bridgehead atoms. The Bertz CT molecular complexity index is 705. The number of likely N-dealkylation sites (tertiary alicyclic amines) is 1. The van der Waals surface area contributed by atoms with Crippen LogP contribution < -0.4 is 5.56 Å². The molecule has 2 aromatic rings. The zero-order chi connectivity index (χ0) is 15.0. The normalized spacial score (nSPS) is 19.7. The van der Waals surface area contributed by atoms with E-state index in [0.29, 0.717) is 17.7 Å². The minimum absolute atomic E-state index is 0.0525. The second kappa shape index (κ2) is 5.60. The van der Waals surface area contributed by atoms with Gasteiger partial charge in [0.15, 0.2) is 0 Å². The maximum atomic E-state index is 12.5. The topological polar surface area (TPSA) is 38.1 Å². The first-order valence-corrected chi connectivity index (χ1v) is 7.76. The molecular formula is C17H23N3O. The van der Waals surface area contributed by atoms with Crippen molar-refractivity contribution >= 4 is 11.0 Å². The fourth-order valence-electron chi connectivity index (χ4n) is 3.24. The smallest absolute Gasteiger partial charge is 0.272 e. The highest BCUT2D eigenvalue weighted by molar-refractivity contribution is 5.74. The van der Waals surface area contributed by atoms with Crippen LogP contribution >= 0.6 is 0 Å². The first-order valence-electron chi connectivity index (χ1n) is 7.76.